The van der Waals surface area contributed by atoms with Gasteiger partial charge in [-0.05, 0) is 24.4 Å². The van der Waals surface area contributed by atoms with E-state index in [0.717, 1.165) is 13.1 Å². The maximum atomic E-state index is 5.80. The molecule has 0 saturated carbocycles. The van der Waals surface area contributed by atoms with E-state index in [0.29, 0.717) is 24.4 Å². The van der Waals surface area contributed by atoms with Gasteiger partial charge in [-0.15, -0.1) is 0 Å². The minimum Gasteiger partial charge on any atom is -0.384 e. The van der Waals surface area contributed by atoms with Crippen molar-refractivity contribution in [1.82, 2.24) is 15.0 Å². The van der Waals surface area contributed by atoms with Crippen LogP contribution in [-0.4, -0.2) is 41.8 Å². The zero-order valence-electron chi connectivity index (χ0n) is 10.3. The molecule has 17 heavy (non-hydrogen) atoms. The van der Waals surface area contributed by atoms with Crippen molar-refractivity contribution in [3.63, 3.8) is 0 Å². The number of halogens is 1. The Balaban J connectivity index is 2.57. The minimum absolute atomic E-state index is 0.179. The van der Waals surface area contributed by atoms with E-state index in [1.807, 2.05) is 6.92 Å². The van der Waals surface area contributed by atoms with Gasteiger partial charge in [-0.25, -0.2) is 0 Å². The Morgan fingerprint density at radius 2 is 1.88 bits per heavy atom. The van der Waals surface area contributed by atoms with Crippen molar-refractivity contribution >= 4 is 23.5 Å². The standard InChI is InChI=1S/C10H18ClN5O/c1-4-12-9-14-8(11)15-10(16-9)13-5-7(2)6-17-3/h7H,4-6H2,1-3H3,(H2,12,13,14,15,16). The van der Waals surface area contributed by atoms with E-state index in [1.165, 1.54) is 0 Å². The number of nitrogens with zero attached hydrogens (tertiary/aromatic N) is 3. The second-order valence-electron chi connectivity index (χ2n) is 3.72. The molecular formula is C10H18ClN5O. The summed E-state index contributed by atoms with van der Waals surface area (Å²) in [5, 5.41) is 6.27. The molecule has 0 radical (unpaired) electrons. The number of rotatable bonds is 7. The van der Waals surface area contributed by atoms with Gasteiger partial charge in [0, 0.05) is 20.2 Å². The maximum absolute atomic E-state index is 5.80. The van der Waals surface area contributed by atoms with Crippen LogP contribution >= 0.6 is 11.6 Å². The lowest BCUT2D eigenvalue weighted by Gasteiger charge is -2.11. The van der Waals surface area contributed by atoms with Gasteiger partial charge in [-0.2, -0.15) is 15.0 Å². The Kier molecular flexibility index (Phi) is 5.93. The molecule has 96 valence electrons. The normalized spacial score (nSPS) is 12.2. The molecule has 0 bridgehead atoms. The number of methoxy groups -OCH3 is 1. The van der Waals surface area contributed by atoms with E-state index in [9.17, 15) is 0 Å². The fourth-order valence-corrected chi connectivity index (χ4v) is 1.44. The van der Waals surface area contributed by atoms with Crippen molar-refractivity contribution in [2.24, 2.45) is 5.92 Å². The molecule has 6 nitrogen and oxygen atoms in total. The SMILES string of the molecule is CCNc1nc(Cl)nc(NCC(C)COC)n1. The fourth-order valence-electron chi connectivity index (χ4n) is 1.28. The molecule has 0 amide bonds. The summed E-state index contributed by atoms with van der Waals surface area (Å²) in [4.78, 5) is 12.1. The lowest BCUT2D eigenvalue weighted by atomic mass is 10.2. The summed E-state index contributed by atoms with van der Waals surface area (Å²) in [6, 6.07) is 0. The summed E-state index contributed by atoms with van der Waals surface area (Å²) in [6.45, 7) is 6.18. The average Bonchev–Trinajstić information content (AvgIpc) is 2.26. The molecule has 1 aromatic rings. The first-order valence-electron chi connectivity index (χ1n) is 5.54. The molecule has 2 N–H and O–H groups in total. The zero-order valence-corrected chi connectivity index (χ0v) is 11.1. The predicted octanol–water partition coefficient (Wildman–Crippen LogP) is 1.65. The van der Waals surface area contributed by atoms with Gasteiger partial charge in [0.25, 0.3) is 0 Å². The van der Waals surface area contributed by atoms with Crippen LogP contribution < -0.4 is 10.6 Å². The smallest absolute Gasteiger partial charge is 0.228 e. The largest absolute Gasteiger partial charge is 0.384 e. The van der Waals surface area contributed by atoms with Crippen LogP contribution in [0.2, 0.25) is 5.28 Å². The number of anilines is 2. The third-order valence-corrected chi connectivity index (χ3v) is 2.17. The number of hydrogen-bond acceptors (Lipinski definition) is 6. The number of hydrogen-bond donors (Lipinski definition) is 2. The molecule has 1 atom stereocenters. The topological polar surface area (TPSA) is 72.0 Å². The highest BCUT2D eigenvalue weighted by Crippen LogP contribution is 2.09. The van der Waals surface area contributed by atoms with Crippen molar-refractivity contribution < 1.29 is 4.74 Å². The molecule has 1 unspecified atom stereocenters. The highest BCUT2D eigenvalue weighted by Gasteiger charge is 2.06. The molecule has 0 saturated heterocycles. The van der Waals surface area contributed by atoms with Crippen molar-refractivity contribution in [3.05, 3.63) is 5.28 Å². The Morgan fingerprint density at radius 3 is 2.47 bits per heavy atom. The summed E-state index contributed by atoms with van der Waals surface area (Å²) in [6.07, 6.45) is 0. The predicted molar refractivity (Wildman–Crippen MR) is 68.5 cm³/mol. The lowest BCUT2D eigenvalue weighted by molar-refractivity contribution is 0.164. The molecular weight excluding hydrogens is 242 g/mol. The zero-order chi connectivity index (χ0) is 12.7. The fraction of sp³-hybridized carbons (Fsp3) is 0.700. The Labute approximate surface area is 106 Å². The van der Waals surface area contributed by atoms with Crippen molar-refractivity contribution in [1.29, 1.82) is 0 Å². The van der Waals surface area contributed by atoms with Crippen molar-refractivity contribution in [2.45, 2.75) is 13.8 Å². The summed E-state index contributed by atoms with van der Waals surface area (Å²) >= 11 is 5.80. The molecule has 0 spiro atoms. The summed E-state index contributed by atoms with van der Waals surface area (Å²) in [5.41, 5.74) is 0. The van der Waals surface area contributed by atoms with E-state index in [4.69, 9.17) is 16.3 Å². The number of nitrogens with one attached hydrogen (secondary N) is 2. The molecule has 0 aliphatic rings. The minimum atomic E-state index is 0.179. The molecule has 0 aliphatic heterocycles. The molecule has 1 heterocycles. The average molecular weight is 260 g/mol. The van der Waals surface area contributed by atoms with Gasteiger partial charge in [0.15, 0.2) is 0 Å². The second-order valence-corrected chi connectivity index (χ2v) is 4.06. The first-order valence-corrected chi connectivity index (χ1v) is 5.91. The van der Waals surface area contributed by atoms with Gasteiger partial charge in [-0.1, -0.05) is 6.92 Å². The first kappa shape index (κ1) is 13.9. The number of ether oxygens (including phenoxy) is 1. The summed E-state index contributed by atoms with van der Waals surface area (Å²) < 4.78 is 5.05. The second kappa shape index (κ2) is 7.24. The molecule has 7 heteroatoms. The van der Waals surface area contributed by atoms with E-state index >= 15 is 0 Å². The van der Waals surface area contributed by atoms with Gasteiger partial charge in [0.05, 0.1) is 6.61 Å². The number of aromatic nitrogens is 3. The summed E-state index contributed by atoms with van der Waals surface area (Å²) in [7, 11) is 1.68. The van der Waals surface area contributed by atoms with Gasteiger partial charge < -0.3 is 15.4 Å². The Morgan fingerprint density at radius 1 is 1.24 bits per heavy atom. The highest BCUT2D eigenvalue weighted by molar-refractivity contribution is 6.28. The molecule has 0 fully saturated rings. The van der Waals surface area contributed by atoms with Crippen LogP contribution in [0, 0.1) is 5.92 Å². The first-order chi connectivity index (χ1) is 8.15. The van der Waals surface area contributed by atoms with Gasteiger partial charge in [0.1, 0.15) is 0 Å². The van der Waals surface area contributed by atoms with Crippen LogP contribution in [0.15, 0.2) is 0 Å². The molecule has 0 aliphatic carbocycles. The lowest BCUT2D eigenvalue weighted by Crippen LogP contribution is -2.18. The van der Waals surface area contributed by atoms with Crippen LogP contribution in [0.5, 0.6) is 0 Å². The van der Waals surface area contributed by atoms with Crippen molar-refractivity contribution in [2.75, 3.05) is 37.4 Å². The highest BCUT2D eigenvalue weighted by atomic mass is 35.5. The van der Waals surface area contributed by atoms with E-state index in [-0.39, 0.29) is 5.28 Å². The third-order valence-electron chi connectivity index (χ3n) is 2.00. The van der Waals surface area contributed by atoms with Crippen LogP contribution in [-0.2, 0) is 4.74 Å². The van der Waals surface area contributed by atoms with Crippen LogP contribution in [0.1, 0.15) is 13.8 Å². The van der Waals surface area contributed by atoms with Gasteiger partial charge >= 0.3 is 0 Å². The van der Waals surface area contributed by atoms with Crippen LogP contribution in [0.25, 0.3) is 0 Å². The molecule has 1 aromatic heterocycles. The third kappa shape index (κ3) is 5.14. The van der Waals surface area contributed by atoms with E-state index in [2.05, 4.69) is 32.5 Å². The Hall–Kier alpha value is -1.14. The van der Waals surface area contributed by atoms with Gasteiger partial charge in [0.2, 0.25) is 17.2 Å². The van der Waals surface area contributed by atoms with E-state index in [1.54, 1.807) is 7.11 Å². The van der Waals surface area contributed by atoms with Crippen molar-refractivity contribution in [3.8, 4) is 0 Å². The molecule has 1 rings (SSSR count). The Bertz CT molecular complexity index is 349. The quantitative estimate of drug-likeness (QED) is 0.776. The molecule has 0 aromatic carbocycles. The van der Waals surface area contributed by atoms with Crippen LogP contribution in [0.4, 0.5) is 11.9 Å². The van der Waals surface area contributed by atoms with Crippen LogP contribution in [0.3, 0.4) is 0 Å². The monoisotopic (exact) mass is 259 g/mol. The van der Waals surface area contributed by atoms with Gasteiger partial charge in [-0.3, -0.25) is 0 Å². The summed E-state index contributed by atoms with van der Waals surface area (Å²) in [5.74, 6) is 1.33. The maximum Gasteiger partial charge on any atom is 0.228 e. The van der Waals surface area contributed by atoms with E-state index < -0.39 is 0 Å².